The molecule has 2 atom stereocenters. The maximum atomic E-state index is 12.7. The van der Waals surface area contributed by atoms with Gasteiger partial charge in [0.25, 0.3) is 0 Å². The van der Waals surface area contributed by atoms with Gasteiger partial charge >= 0.3 is 0 Å². The molecule has 0 unspecified atom stereocenters. The zero-order valence-electron chi connectivity index (χ0n) is 13.8. The molecule has 0 aromatic heterocycles. The number of ether oxygens (including phenoxy) is 1. The second-order valence-electron chi connectivity index (χ2n) is 6.52. The molecule has 4 rings (SSSR count). The van der Waals surface area contributed by atoms with Gasteiger partial charge in [0.1, 0.15) is 5.75 Å². The van der Waals surface area contributed by atoms with Crippen molar-refractivity contribution in [3.05, 3.63) is 72.3 Å². The van der Waals surface area contributed by atoms with Crippen molar-refractivity contribution in [1.82, 2.24) is 0 Å². The lowest BCUT2D eigenvalue weighted by Crippen LogP contribution is -2.47. The van der Waals surface area contributed by atoms with Crippen LogP contribution in [0.5, 0.6) is 5.75 Å². The number of para-hydroxylation sites is 1. The van der Waals surface area contributed by atoms with E-state index in [2.05, 4.69) is 35.2 Å². The molecule has 0 bridgehead atoms. The van der Waals surface area contributed by atoms with Crippen molar-refractivity contribution in [2.45, 2.75) is 24.3 Å². The Hall–Kier alpha value is -2.55. The largest absolute Gasteiger partial charge is 0.497 e. The van der Waals surface area contributed by atoms with Gasteiger partial charge in [0.05, 0.1) is 18.6 Å². The summed E-state index contributed by atoms with van der Waals surface area (Å²) < 4.78 is 5.26. The smallest absolute Gasteiger partial charge is 0.165 e. The number of carbonyl (C=O) groups is 1. The molecule has 1 aliphatic heterocycles. The highest BCUT2D eigenvalue weighted by molar-refractivity contribution is 6.01. The van der Waals surface area contributed by atoms with Crippen molar-refractivity contribution in [1.29, 1.82) is 0 Å². The van der Waals surface area contributed by atoms with Gasteiger partial charge in [0.15, 0.2) is 5.78 Å². The molecule has 1 saturated heterocycles. The second-order valence-corrected chi connectivity index (χ2v) is 6.52. The Morgan fingerprint density at radius 1 is 1.08 bits per heavy atom. The van der Waals surface area contributed by atoms with Gasteiger partial charge < -0.3 is 9.64 Å². The van der Waals surface area contributed by atoms with Gasteiger partial charge in [-0.25, -0.2) is 0 Å². The highest BCUT2D eigenvalue weighted by Gasteiger charge is 2.51. The molecule has 0 amide bonds. The molecule has 1 heterocycles. The van der Waals surface area contributed by atoms with Gasteiger partial charge in [-0.1, -0.05) is 36.4 Å². The van der Waals surface area contributed by atoms with Crippen molar-refractivity contribution >= 4 is 11.5 Å². The molecule has 122 valence electrons. The van der Waals surface area contributed by atoms with Crippen LogP contribution < -0.4 is 9.64 Å². The van der Waals surface area contributed by atoms with Crippen LogP contribution in [-0.2, 0) is 4.79 Å². The van der Waals surface area contributed by atoms with Gasteiger partial charge in [0, 0.05) is 12.2 Å². The highest BCUT2D eigenvalue weighted by atomic mass is 16.5. The number of carbonyl (C=O) groups excluding carboxylic acids is 1. The van der Waals surface area contributed by atoms with Crippen LogP contribution in [0.1, 0.15) is 24.3 Å². The lowest BCUT2D eigenvalue weighted by molar-refractivity contribution is -0.116. The minimum atomic E-state index is -0.243. The molecule has 24 heavy (non-hydrogen) atoms. The summed E-state index contributed by atoms with van der Waals surface area (Å²) >= 11 is 0. The average Bonchev–Trinajstić information content (AvgIpc) is 3.20. The number of ketones is 1. The molecule has 2 aromatic carbocycles. The second kappa shape index (κ2) is 5.82. The standard InChI is InChI=1S/C21H21NO2/c1-24-18-10-8-16(9-11-18)20-19(23)12-14-21(20)13-5-15-22(21)17-6-3-2-4-7-17/h2-4,6-12,14,20H,5,13,15H2,1H3/t20-,21-/m1/s1. The van der Waals surface area contributed by atoms with Crippen molar-refractivity contribution in [2.75, 3.05) is 18.6 Å². The van der Waals surface area contributed by atoms with E-state index >= 15 is 0 Å². The van der Waals surface area contributed by atoms with E-state index in [-0.39, 0.29) is 17.2 Å². The van der Waals surface area contributed by atoms with Crippen molar-refractivity contribution in [3.63, 3.8) is 0 Å². The first-order chi connectivity index (χ1) is 11.7. The SMILES string of the molecule is COc1ccc([C@@H]2C(=O)C=C[C@]23CCCN3c2ccccc2)cc1. The van der Waals surface area contributed by atoms with Crippen LogP contribution in [0.4, 0.5) is 5.69 Å². The quantitative estimate of drug-likeness (QED) is 0.858. The zero-order chi connectivity index (χ0) is 16.6. The first-order valence-electron chi connectivity index (χ1n) is 8.44. The van der Waals surface area contributed by atoms with Crippen molar-refractivity contribution in [2.24, 2.45) is 0 Å². The fraction of sp³-hybridized carbons (Fsp3) is 0.286. The number of hydrogen-bond donors (Lipinski definition) is 0. The first-order valence-corrected chi connectivity index (χ1v) is 8.44. The molecule has 2 aliphatic rings. The molecule has 1 aliphatic carbocycles. The minimum absolute atomic E-state index is 0.147. The summed E-state index contributed by atoms with van der Waals surface area (Å²) in [7, 11) is 1.66. The van der Waals surface area contributed by atoms with E-state index in [0.717, 1.165) is 30.7 Å². The Balaban J connectivity index is 1.76. The number of nitrogens with zero attached hydrogens (tertiary/aromatic N) is 1. The van der Waals surface area contributed by atoms with E-state index in [1.807, 2.05) is 30.3 Å². The van der Waals surface area contributed by atoms with Crippen LogP contribution in [-0.4, -0.2) is 25.0 Å². The van der Waals surface area contributed by atoms with Gasteiger partial charge in [-0.05, 0) is 48.7 Å². The Morgan fingerprint density at radius 3 is 2.54 bits per heavy atom. The summed E-state index contributed by atoms with van der Waals surface area (Å²) in [5.74, 6) is 0.867. The summed E-state index contributed by atoms with van der Waals surface area (Å²) in [6, 6.07) is 18.4. The highest BCUT2D eigenvalue weighted by Crippen LogP contribution is 2.48. The molecule has 1 fully saturated rings. The molecule has 3 heteroatoms. The van der Waals surface area contributed by atoms with E-state index in [1.54, 1.807) is 13.2 Å². The predicted octanol–water partition coefficient (Wildman–Crippen LogP) is 3.96. The van der Waals surface area contributed by atoms with E-state index < -0.39 is 0 Å². The minimum Gasteiger partial charge on any atom is -0.497 e. The van der Waals surface area contributed by atoms with E-state index in [9.17, 15) is 4.79 Å². The van der Waals surface area contributed by atoms with E-state index in [0.29, 0.717) is 0 Å². The number of anilines is 1. The topological polar surface area (TPSA) is 29.5 Å². The van der Waals surface area contributed by atoms with Gasteiger partial charge in [-0.3, -0.25) is 4.79 Å². The van der Waals surface area contributed by atoms with Gasteiger partial charge in [0.2, 0.25) is 0 Å². The Bertz CT molecular complexity index is 766. The van der Waals surface area contributed by atoms with Crippen LogP contribution in [0.2, 0.25) is 0 Å². The van der Waals surface area contributed by atoms with Crippen molar-refractivity contribution < 1.29 is 9.53 Å². The summed E-state index contributed by atoms with van der Waals surface area (Å²) in [6.07, 6.45) is 6.00. The summed E-state index contributed by atoms with van der Waals surface area (Å²) in [4.78, 5) is 15.1. The lowest BCUT2D eigenvalue weighted by Gasteiger charge is -2.40. The van der Waals surface area contributed by atoms with E-state index in [1.165, 1.54) is 5.69 Å². The van der Waals surface area contributed by atoms with Gasteiger partial charge in [-0.15, -0.1) is 0 Å². The summed E-state index contributed by atoms with van der Waals surface area (Å²) in [5.41, 5.74) is 2.01. The number of hydrogen-bond acceptors (Lipinski definition) is 3. The molecule has 0 radical (unpaired) electrons. The fourth-order valence-electron chi connectivity index (χ4n) is 4.23. The zero-order valence-corrected chi connectivity index (χ0v) is 13.8. The van der Waals surface area contributed by atoms with Crippen LogP contribution in [0.15, 0.2) is 66.7 Å². The summed E-state index contributed by atoms with van der Waals surface area (Å²) in [5, 5.41) is 0. The van der Waals surface area contributed by atoms with Crippen LogP contribution in [0.3, 0.4) is 0 Å². The monoisotopic (exact) mass is 319 g/mol. The normalized spacial score (nSPS) is 25.6. The van der Waals surface area contributed by atoms with E-state index in [4.69, 9.17) is 4.74 Å². The third-order valence-electron chi connectivity index (χ3n) is 5.30. The number of allylic oxidation sites excluding steroid dienone is 1. The molecule has 2 aromatic rings. The molecular weight excluding hydrogens is 298 g/mol. The Morgan fingerprint density at radius 2 is 1.83 bits per heavy atom. The van der Waals surface area contributed by atoms with Crippen LogP contribution in [0.25, 0.3) is 0 Å². The molecule has 0 N–H and O–H groups in total. The third kappa shape index (κ3) is 2.23. The predicted molar refractivity (Wildman–Crippen MR) is 95.6 cm³/mol. The lowest BCUT2D eigenvalue weighted by atomic mass is 9.79. The first kappa shape index (κ1) is 15.0. The number of methoxy groups -OCH3 is 1. The molecule has 3 nitrogen and oxygen atoms in total. The maximum Gasteiger partial charge on any atom is 0.165 e. The molecule has 1 spiro atoms. The fourth-order valence-corrected chi connectivity index (χ4v) is 4.23. The number of rotatable bonds is 3. The Labute approximate surface area is 142 Å². The number of benzene rings is 2. The van der Waals surface area contributed by atoms with Gasteiger partial charge in [-0.2, -0.15) is 0 Å². The maximum absolute atomic E-state index is 12.7. The molecular formula is C21H21NO2. The average molecular weight is 319 g/mol. The Kier molecular flexibility index (Phi) is 3.64. The van der Waals surface area contributed by atoms with Crippen LogP contribution >= 0.6 is 0 Å². The third-order valence-corrected chi connectivity index (χ3v) is 5.30. The molecule has 0 saturated carbocycles. The van der Waals surface area contributed by atoms with Crippen molar-refractivity contribution in [3.8, 4) is 5.75 Å². The summed E-state index contributed by atoms with van der Waals surface area (Å²) in [6.45, 7) is 0.980. The van der Waals surface area contributed by atoms with Crippen LogP contribution in [0, 0.1) is 0 Å².